The number of carboxylic acids is 1. The van der Waals surface area contributed by atoms with E-state index in [-0.39, 0.29) is 12.5 Å². The van der Waals surface area contributed by atoms with E-state index < -0.39 is 42.7 Å². The minimum absolute atomic E-state index is 0.0139. The van der Waals surface area contributed by atoms with Crippen LogP contribution in [0.15, 0.2) is 48.5 Å². The summed E-state index contributed by atoms with van der Waals surface area (Å²) in [6.07, 6.45) is -7.46. The van der Waals surface area contributed by atoms with Crippen LogP contribution < -0.4 is 10.6 Å². The molecule has 10 heteroatoms. The molecule has 7 nitrogen and oxygen atoms in total. The Morgan fingerprint density at radius 1 is 1.00 bits per heavy atom. The standard InChI is InChI=1S/C22H21F3N2O5/c1-12(19(28)27-18(20(29)30)10-22(23,24)25)26-21(31)32-11-17-15-8-4-2-6-13(15)14-7-3-5-9-16(14)17/h2-9,12,17-18H,10-11H2,1H3,(H,26,31)(H,27,28)(H,29,30)/t12-,18?/m0/s1. The van der Waals surface area contributed by atoms with Crippen molar-refractivity contribution in [3.63, 3.8) is 0 Å². The van der Waals surface area contributed by atoms with Crippen molar-refractivity contribution >= 4 is 18.0 Å². The number of aliphatic carboxylic acids is 1. The number of carbonyl (C=O) groups is 3. The molecule has 0 saturated heterocycles. The van der Waals surface area contributed by atoms with Gasteiger partial charge in [-0.2, -0.15) is 13.2 Å². The van der Waals surface area contributed by atoms with E-state index in [1.54, 1.807) is 5.32 Å². The first-order valence-electron chi connectivity index (χ1n) is 9.78. The Hall–Kier alpha value is -3.56. The van der Waals surface area contributed by atoms with Gasteiger partial charge in [-0.1, -0.05) is 48.5 Å². The fraction of sp³-hybridized carbons (Fsp3) is 0.318. The molecule has 2 aromatic carbocycles. The van der Waals surface area contributed by atoms with E-state index in [9.17, 15) is 27.6 Å². The normalized spacial score (nSPS) is 14.6. The van der Waals surface area contributed by atoms with Crippen LogP contribution in [0.5, 0.6) is 0 Å². The van der Waals surface area contributed by atoms with Gasteiger partial charge in [0, 0.05) is 5.92 Å². The van der Waals surface area contributed by atoms with Gasteiger partial charge in [0.1, 0.15) is 18.7 Å². The van der Waals surface area contributed by atoms with Gasteiger partial charge < -0.3 is 20.5 Å². The molecule has 0 radical (unpaired) electrons. The number of amides is 2. The lowest BCUT2D eigenvalue weighted by Gasteiger charge is -2.20. The molecule has 1 unspecified atom stereocenters. The number of hydrogen-bond acceptors (Lipinski definition) is 4. The zero-order chi connectivity index (χ0) is 23.5. The first-order chi connectivity index (χ1) is 15.1. The third kappa shape index (κ3) is 5.37. The first-order valence-corrected chi connectivity index (χ1v) is 9.78. The van der Waals surface area contributed by atoms with Gasteiger partial charge in [0.25, 0.3) is 0 Å². The maximum absolute atomic E-state index is 12.5. The predicted molar refractivity (Wildman–Crippen MR) is 108 cm³/mol. The highest BCUT2D eigenvalue weighted by Crippen LogP contribution is 2.44. The zero-order valence-electron chi connectivity index (χ0n) is 17.0. The molecular formula is C22H21F3N2O5. The Labute approximate surface area is 181 Å². The summed E-state index contributed by atoms with van der Waals surface area (Å²) >= 11 is 0. The van der Waals surface area contributed by atoms with Crippen molar-refractivity contribution < 1.29 is 37.4 Å². The Morgan fingerprint density at radius 3 is 2.03 bits per heavy atom. The van der Waals surface area contributed by atoms with Crippen molar-refractivity contribution in [1.82, 2.24) is 10.6 Å². The molecule has 0 saturated carbocycles. The van der Waals surface area contributed by atoms with E-state index >= 15 is 0 Å². The Kier molecular flexibility index (Phi) is 6.71. The average Bonchev–Trinajstić information content (AvgIpc) is 3.04. The maximum Gasteiger partial charge on any atom is 0.407 e. The minimum atomic E-state index is -4.78. The van der Waals surface area contributed by atoms with Crippen molar-refractivity contribution in [3.8, 4) is 11.1 Å². The summed E-state index contributed by atoms with van der Waals surface area (Å²) in [5.74, 6) is -3.11. The van der Waals surface area contributed by atoms with Crippen LogP contribution in [-0.2, 0) is 14.3 Å². The van der Waals surface area contributed by atoms with Crippen molar-refractivity contribution in [2.45, 2.75) is 37.5 Å². The second kappa shape index (κ2) is 9.29. The Morgan fingerprint density at radius 2 is 1.53 bits per heavy atom. The van der Waals surface area contributed by atoms with E-state index in [4.69, 9.17) is 9.84 Å². The second-order valence-electron chi connectivity index (χ2n) is 7.41. The van der Waals surface area contributed by atoms with Crippen molar-refractivity contribution in [2.75, 3.05) is 6.61 Å². The molecule has 2 atom stereocenters. The third-order valence-corrected chi connectivity index (χ3v) is 5.12. The molecule has 0 fully saturated rings. The van der Waals surface area contributed by atoms with E-state index in [0.717, 1.165) is 22.3 Å². The van der Waals surface area contributed by atoms with Gasteiger partial charge in [-0.3, -0.25) is 4.79 Å². The predicted octanol–water partition coefficient (Wildman–Crippen LogP) is 3.44. The number of alkyl carbamates (subject to hydrolysis) is 1. The van der Waals surface area contributed by atoms with Gasteiger partial charge in [0.15, 0.2) is 0 Å². The van der Waals surface area contributed by atoms with E-state index in [1.807, 2.05) is 48.5 Å². The van der Waals surface area contributed by atoms with E-state index in [0.29, 0.717) is 0 Å². The number of carbonyl (C=O) groups excluding carboxylic acids is 2. The number of hydrogen-bond donors (Lipinski definition) is 3. The van der Waals surface area contributed by atoms with Crippen molar-refractivity contribution in [3.05, 3.63) is 59.7 Å². The highest BCUT2D eigenvalue weighted by molar-refractivity contribution is 5.89. The van der Waals surface area contributed by atoms with Gasteiger partial charge in [-0.05, 0) is 29.2 Å². The summed E-state index contributed by atoms with van der Waals surface area (Å²) in [6.45, 7) is 1.20. The van der Waals surface area contributed by atoms with Gasteiger partial charge in [0.2, 0.25) is 5.91 Å². The molecule has 1 aliphatic rings. The summed E-state index contributed by atoms with van der Waals surface area (Å²) in [7, 11) is 0. The van der Waals surface area contributed by atoms with E-state index in [2.05, 4.69) is 5.32 Å². The molecule has 2 amide bonds. The van der Waals surface area contributed by atoms with Crippen LogP contribution in [0.2, 0.25) is 0 Å². The number of fused-ring (bicyclic) bond motifs is 3. The Balaban J connectivity index is 1.58. The topological polar surface area (TPSA) is 105 Å². The molecule has 1 aliphatic carbocycles. The van der Waals surface area contributed by atoms with Crippen molar-refractivity contribution in [1.29, 1.82) is 0 Å². The van der Waals surface area contributed by atoms with Crippen LogP contribution in [0.4, 0.5) is 18.0 Å². The largest absolute Gasteiger partial charge is 0.480 e. The lowest BCUT2D eigenvalue weighted by atomic mass is 9.98. The number of nitrogens with one attached hydrogen (secondary N) is 2. The lowest BCUT2D eigenvalue weighted by Crippen LogP contribution is -2.51. The molecule has 170 valence electrons. The third-order valence-electron chi connectivity index (χ3n) is 5.12. The van der Waals surface area contributed by atoms with Gasteiger partial charge >= 0.3 is 18.2 Å². The number of halogens is 3. The summed E-state index contributed by atoms with van der Waals surface area (Å²) < 4.78 is 42.7. The molecule has 0 spiro atoms. The van der Waals surface area contributed by atoms with E-state index in [1.165, 1.54) is 6.92 Å². The smallest absolute Gasteiger partial charge is 0.407 e. The van der Waals surface area contributed by atoms with Gasteiger partial charge in [0.05, 0.1) is 6.42 Å². The lowest BCUT2D eigenvalue weighted by molar-refractivity contribution is -0.160. The summed E-state index contributed by atoms with van der Waals surface area (Å²) in [5, 5.41) is 12.9. The molecular weight excluding hydrogens is 429 g/mol. The number of rotatable bonds is 7. The first kappa shape index (κ1) is 23.1. The molecule has 0 aromatic heterocycles. The van der Waals surface area contributed by atoms with Crippen LogP contribution >= 0.6 is 0 Å². The maximum atomic E-state index is 12.5. The van der Waals surface area contributed by atoms with Crippen LogP contribution in [0.25, 0.3) is 11.1 Å². The highest BCUT2D eigenvalue weighted by atomic mass is 19.4. The molecule has 0 bridgehead atoms. The van der Waals surface area contributed by atoms with Gasteiger partial charge in [-0.25, -0.2) is 9.59 Å². The van der Waals surface area contributed by atoms with Crippen LogP contribution in [0.1, 0.15) is 30.4 Å². The monoisotopic (exact) mass is 450 g/mol. The SMILES string of the molecule is C[C@H](NC(=O)OCC1c2ccccc2-c2ccccc21)C(=O)NC(CC(F)(F)F)C(=O)O. The van der Waals surface area contributed by atoms with Crippen LogP contribution in [0, 0.1) is 0 Å². The molecule has 3 N–H and O–H groups in total. The van der Waals surface area contributed by atoms with Crippen LogP contribution in [-0.4, -0.2) is 47.9 Å². The number of carboxylic acid groups (broad SMARTS) is 1. The molecule has 2 aromatic rings. The van der Waals surface area contributed by atoms with Gasteiger partial charge in [-0.15, -0.1) is 0 Å². The summed E-state index contributed by atoms with van der Waals surface area (Å²) in [5.41, 5.74) is 4.05. The summed E-state index contributed by atoms with van der Waals surface area (Å²) in [4.78, 5) is 35.2. The zero-order valence-corrected chi connectivity index (χ0v) is 17.0. The fourth-order valence-electron chi connectivity index (χ4n) is 3.61. The number of alkyl halides is 3. The number of ether oxygens (including phenoxy) is 1. The second-order valence-corrected chi connectivity index (χ2v) is 7.41. The average molecular weight is 450 g/mol. The fourth-order valence-corrected chi connectivity index (χ4v) is 3.61. The quantitative estimate of drug-likeness (QED) is 0.600. The number of benzene rings is 2. The molecule has 32 heavy (non-hydrogen) atoms. The molecule has 3 rings (SSSR count). The Bertz CT molecular complexity index is 979. The summed E-state index contributed by atoms with van der Waals surface area (Å²) in [6, 6.07) is 11.9. The molecule has 0 heterocycles. The molecule has 0 aliphatic heterocycles. The van der Waals surface area contributed by atoms with Crippen LogP contribution in [0.3, 0.4) is 0 Å². The minimum Gasteiger partial charge on any atom is -0.480 e. The highest BCUT2D eigenvalue weighted by Gasteiger charge is 2.37. The van der Waals surface area contributed by atoms with Crippen molar-refractivity contribution in [2.24, 2.45) is 0 Å².